The Balaban J connectivity index is 1.92. The normalized spacial score (nSPS) is 11.9. The number of aromatic nitrogens is 1. The van der Waals surface area contributed by atoms with Gasteiger partial charge in [0.15, 0.2) is 0 Å². The predicted octanol–water partition coefficient (Wildman–Crippen LogP) is 1.83. The number of hydrogen-bond donors (Lipinski definition) is 2. The van der Waals surface area contributed by atoms with Crippen molar-refractivity contribution in [2.75, 3.05) is 32.1 Å². The number of benzene rings is 1. The molecule has 0 atom stereocenters. The van der Waals surface area contributed by atoms with Gasteiger partial charge in [0.25, 0.3) is 10.0 Å². The van der Waals surface area contributed by atoms with Crippen LogP contribution in [0, 0.1) is 0 Å². The molecule has 0 bridgehead atoms. The van der Waals surface area contributed by atoms with Crippen LogP contribution < -0.4 is 14.9 Å². The standard InChI is InChI=1S/C16H20BrN5O2S/c1-18-16(21-25(23,24)13-7-4-3-5-8-13)20-11-12-22(2)15-14(17)9-6-10-19-15/h3-10H,11-12H2,1-2H3,(H2,18,20,21). The molecule has 0 saturated heterocycles. The fourth-order valence-electron chi connectivity index (χ4n) is 2.05. The van der Waals surface area contributed by atoms with Gasteiger partial charge in [-0.2, -0.15) is 0 Å². The number of hydrogen-bond acceptors (Lipinski definition) is 5. The SMILES string of the molecule is CN=C(NCCN(C)c1ncccc1Br)NS(=O)(=O)c1ccccc1. The number of likely N-dealkylation sites (N-methyl/N-ethyl adjacent to an activating group) is 1. The van der Waals surface area contributed by atoms with Gasteiger partial charge < -0.3 is 10.2 Å². The quantitative estimate of drug-likeness (QED) is 0.544. The molecular formula is C16H20BrN5O2S. The molecule has 2 N–H and O–H groups in total. The number of anilines is 1. The minimum Gasteiger partial charge on any atom is -0.357 e. The highest BCUT2D eigenvalue weighted by molar-refractivity contribution is 9.10. The van der Waals surface area contributed by atoms with Crippen LogP contribution in [0.2, 0.25) is 0 Å². The summed E-state index contributed by atoms with van der Waals surface area (Å²) in [5, 5.41) is 2.99. The number of aliphatic imine (C=N–C) groups is 1. The van der Waals surface area contributed by atoms with Gasteiger partial charge in [-0.05, 0) is 40.2 Å². The minimum absolute atomic E-state index is 0.187. The van der Waals surface area contributed by atoms with Gasteiger partial charge in [-0.15, -0.1) is 0 Å². The number of sulfonamides is 1. The number of nitrogens with one attached hydrogen (secondary N) is 2. The Labute approximate surface area is 156 Å². The van der Waals surface area contributed by atoms with E-state index in [9.17, 15) is 8.42 Å². The number of guanidine groups is 1. The Morgan fingerprint density at radius 3 is 2.60 bits per heavy atom. The summed E-state index contributed by atoms with van der Waals surface area (Å²) in [5.74, 6) is 1.00. The fourth-order valence-corrected chi connectivity index (χ4v) is 3.66. The molecule has 0 aliphatic rings. The molecule has 0 unspecified atom stereocenters. The number of nitrogens with zero attached hydrogens (tertiary/aromatic N) is 3. The molecule has 0 spiro atoms. The first-order chi connectivity index (χ1) is 11.9. The third kappa shape index (κ3) is 5.43. The predicted molar refractivity (Wildman–Crippen MR) is 103 cm³/mol. The molecule has 0 aliphatic heterocycles. The molecule has 0 fully saturated rings. The van der Waals surface area contributed by atoms with Gasteiger partial charge in [-0.25, -0.2) is 18.1 Å². The lowest BCUT2D eigenvalue weighted by Crippen LogP contribution is -2.43. The average molecular weight is 426 g/mol. The lowest BCUT2D eigenvalue weighted by Gasteiger charge is -2.20. The van der Waals surface area contributed by atoms with E-state index in [1.165, 1.54) is 19.2 Å². The summed E-state index contributed by atoms with van der Waals surface area (Å²) in [6, 6.07) is 11.9. The summed E-state index contributed by atoms with van der Waals surface area (Å²) >= 11 is 3.46. The third-order valence-corrected chi connectivity index (χ3v) is 5.32. The van der Waals surface area contributed by atoms with Crippen LogP contribution in [0.15, 0.2) is 63.0 Å². The van der Waals surface area contributed by atoms with Gasteiger partial charge in [-0.3, -0.25) is 4.99 Å². The molecule has 2 aromatic rings. The van der Waals surface area contributed by atoms with Crippen molar-refractivity contribution in [1.82, 2.24) is 15.0 Å². The summed E-state index contributed by atoms with van der Waals surface area (Å²) in [6.45, 7) is 1.10. The van der Waals surface area contributed by atoms with Crippen molar-refractivity contribution >= 4 is 37.7 Å². The van der Waals surface area contributed by atoms with Crippen molar-refractivity contribution in [2.45, 2.75) is 4.90 Å². The largest absolute Gasteiger partial charge is 0.357 e. The first-order valence-electron chi connectivity index (χ1n) is 7.54. The molecule has 0 aliphatic carbocycles. The topological polar surface area (TPSA) is 86.7 Å². The Morgan fingerprint density at radius 1 is 1.24 bits per heavy atom. The molecular weight excluding hydrogens is 406 g/mol. The Hall–Kier alpha value is -2.13. The molecule has 7 nitrogen and oxygen atoms in total. The van der Waals surface area contributed by atoms with E-state index >= 15 is 0 Å². The molecule has 1 heterocycles. The second kappa shape index (κ2) is 8.82. The molecule has 9 heteroatoms. The van der Waals surface area contributed by atoms with Gasteiger partial charge in [-0.1, -0.05) is 18.2 Å². The van der Waals surface area contributed by atoms with E-state index in [4.69, 9.17) is 0 Å². The molecule has 25 heavy (non-hydrogen) atoms. The Morgan fingerprint density at radius 2 is 1.96 bits per heavy atom. The molecule has 134 valence electrons. The highest BCUT2D eigenvalue weighted by Gasteiger charge is 2.15. The van der Waals surface area contributed by atoms with Crippen molar-refractivity contribution in [3.05, 3.63) is 53.1 Å². The molecule has 1 aromatic heterocycles. The highest BCUT2D eigenvalue weighted by atomic mass is 79.9. The summed E-state index contributed by atoms with van der Waals surface area (Å²) in [6.07, 6.45) is 1.72. The lowest BCUT2D eigenvalue weighted by atomic mass is 10.4. The Kier molecular flexibility index (Phi) is 6.77. The Bertz CT molecular complexity index is 827. The zero-order valence-electron chi connectivity index (χ0n) is 14.0. The molecule has 0 saturated carbocycles. The zero-order valence-corrected chi connectivity index (χ0v) is 16.4. The number of rotatable bonds is 6. The average Bonchev–Trinajstić information content (AvgIpc) is 2.61. The first-order valence-corrected chi connectivity index (χ1v) is 9.82. The summed E-state index contributed by atoms with van der Waals surface area (Å²) in [4.78, 5) is 10.4. The third-order valence-electron chi connectivity index (χ3n) is 3.35. The van der Waals surface area contributed by atoms with E-state index in [0.717, 1.165) is 10.3 Å². The van der Waals surface area contributed by atoms with E-state index in [1.807, 2.05) is 24.1 Å². The second-order valence-corrected chi connectivity index (χ2v) is 7.68. The van der Waals surface area contributed by atoms with Gasteiger partial charge in [0, 0.05) is 33.4 Å². The van der Waals surface area contributed by atoms with Crippen LogP contribution in [0.5, 0.6) is 0 Å². The van der Waals surface area contributed by atoms with Gasteiger partial charge >= 0.3 is 0 Å². The second-order valence-electron chi connectivity index (χ2n) is 5.15. The van der Waals surface area contributed by atoms with Crippen LogP contribution >= 0.6 is 15.9 Å². The van der Waals surface area contributed by atoms with Crippen LogP contribution in [0.3, 0.4) is 0 Å². The smallest absolute Gasteiger partial charge is 0.264 e. The number of halogens is 1. The van der Waals surface area contributed by atoms with E-state index in [-0.39, 0.29) is 10.9 Å². The minimum atomic E-state index is -3.66. The van der Waals surface area contributed by atoms with E-state index in [0.29, 0.717) is 13.1 Å². The van der Waals surface area contributed by atoms with Crippen LogP contribution in [-0.4, -0.2) is 46.5 Å². The summed E-state index contributed by atoms with van der Waals surface area (Å²) in [5.41, 5.74) is 0. The van der Waals surface area contributed by atoms with Crippen molar-refractivity contribution in [2.24, 2.45) is 4.99 Å². The van der Waals surface area contributed by atoms with E-state index in [2.05, 4.69) is 35.9 Å². The van der Waals surface area contributed by atoms with Gasteiger partial charge in [0.1, 0.15) is 5.82 Å². The molecule has 0 radical (unpaired) electrons. The van der Waals surface area contributed by atoms with Gasteiger partial charge in [0.05, 0.1) is 9.37 Å². The first kappa shape index (κ1) is 19.2. The van der Waals surface area contributed by atoms with Crippen molar-refractivity contribution in [3.8, 4) is 0 Å². The van der Waals surface area contributed by atoms with Crippen LogP contribution in [-0.2, 0) is 10.0 Å². The van der Waals surface area contributed by atoms with Crippen LogP contribution in [0.4, 0.5) is 5.82 Å². The van der Waals surface area contributed by atoms with Crippen molar-refractivity contribution in [3.63, 3.8) is 0 Å². The molecule has 1 aromatic carbocycles. The fraction of sp³-hybridized carbons (Fsp3) is 0.250. The van der Waals surface area contributed by atoms with E-state index in [1.54, 1.807) is 24.4 Å². The maximum absolute atomic E-state index is 12.3. The highest BCUT2D eigenvalue weighted by Crippen LogP contribution is 2.21. The van der Waals surface area contributed by atoms with Crippen molar-refractivity contribution in [1.29, 1.82) is 0 Å². The van der Waals surface area contributed by atoms with Crippen LogP contribution in [0.1, 0.15) is 0 Å². The number of pyridine rings is 1. The summed E-state index contributed by atoms with van der Waals surface area (Å²) in [7, 11) is -0.227. The van der Waals surface area contributed by atoms with Crippen molar-refractivity contribution < 1.29 is 8.42 Å². The molecule has 2 rings (SSSR count). The zero-order chi connectivity index (χ0) is 18.3. The van der Waals surface area contributed by atoms with E-state index < -0.39 is 10.0 Å². The maximum Gasteiger partial charge on any atom is 0.264 e. The lowest BCUT2D eigenvalue weighted by molar-refractivity contribution is 0.591. The van der Waals surface area contributed by atoms with Crippen LogP contribution in [0.25, 0.3) is 0 Å². The molecule has 0 amide bonds. The maximum atomic E-state index is 12.3. The monoisotopic (exact) mass is 425 g/mol. The van der Waals surface area contributed by atoms with Gasteiger partial charge in [0.2, 0.25) is 5.96 Å². The summed E-state index contributed by atoms with van der Waals surface area (Å²) < 4.78 is 28.0.